The lowest BCUT2D eigenvalue weighted by Gasteiger charge is -2.08. The second-order valence-corrected chi connectivity index (χ2v) is 4.44. The maximum atomic E-state index is 11.2. The molecule has 0 radical (unpaired) electrons. The van der Waals surface area contributed by atoms with Gasteiger partial charge in [-0.05, 0) is 27.2 Å². The number of carbonyl (C=O) groups is 1. The summed E-state index contributed by atoms with van der Waals surface area (Å²) in [5, 5.41) is 9.33. The number of unbranched alkanes of at least 4 members (excludes halogenated alkanes) is 1. The first-order valence-corrected chi connectivity index (χ1v) is 5.24. The largest absolute Gasteiger partial charge is 0.463 e. The number of aliphatic hydroxyl groups excluding tert-OH is 1. The Labute approximate surface area is 91.8 Å². The van der Waals surface area contributed by atoms with E-state index in [2.05, 4.69) is 11.8 Å². The van der Waals surface area contributed by atoms with E-state index in [1.807, 2.05) is 27.7 Å². The van der Waals surface area contributed by atoms with Crippen LogP contribution in [0.3, 0.4) is 0 Å². The zero-order chi connectivity index (χ0) is 11.9. The van der Waals surface area contributed by atoms with E-state index in [-0.39, 0.29) is 5.41 Å². The van der Waals surface area contributed by atoms with Gasteiger partial charge < -0.3 is 9.84 Å². The van der Waals surface area contributed by atoms with Gasteiger partial charge in [-0.25, -0.2) is 4.79 Å². The van der Waals surface area contributed by atoms with Crippen LogP contribution in [0.4, 0.5) is 0 Å². The van der Waals surface area contributed by atoms with E-state index >= 15 is 0 Å². The van der Waals surface area contributed by atoms with Crippen LogP contribution in [-0.4, -0.2) is 23.8 Å². The van der Waals surface area contributed by atoms with Gasteiger partial charge in [0, 0.05) is 5.41 Å². The summed E-state index contributed by atoms with van der Waals surface area (Å²) in [6, 6.07) is 0. The fourth-order valence-corrected chi connectivity index (χ4v) is 0.740. The molecule has 1 atom stereocenters. The van der Waals surface area contributed by atoms with Crippen molar-refractivity contribution in [3.8, 4) is 11.8 Å². The molecule has 0 amide bonds. The van der Waals surface area contributed by atoms with Crippen molar-refractivity contribution in [2.75, 3.05) is 6.61 Å². The Morgan fingerprint density at radius 2 is 2.07 bits per heavy atom. The van der Waals surface area contributed by atoms with E-state index in [1.165, 1.54) is 0 Å². The summed E-state index contributed by atoms with van der Waals surface area (Å²) in [6.45, 7) is 8.09. The van der Waals surface area contributed by atoms with Gasteiger partial charge in [-0.1, -0.05) is 25.2 Å². The third-order valence-electron chi connectivity index (χ3n) is 1.55. The van der Waals surface area contributed by atoms with E-state index in [1.54, 1.807) is 0 Å². The number of hydrogen-bond acceptors (Lipinski definition) is 3. The van der Waals surface area contributed by atoms with Gasteiger partial charge >= 0.3 is 5.97 Å². The van der Waals surface area contributed by atoms with Crippen molar-refractivity contribution in [3.63, 3.8) is 0 Å². The maximum Gasteiger partial charge on any atom is 0.347 e. The predicted molar refractivity (Wildman–Crippen MR) is 59.1 cm³/mol. The fourth-order valence-electron chi connectivity index (χ4n) is 0.740. The number of rotatable bonds is 4. The predicted octanol–water partition coefficient (Wildman–Crippen LogP) is 1.74. The normalized spacial score (nSPS) is 12.6. The molecular weight excluding hydrogens is 192 g/mol. The Morgan fingerprint density at radius 1 is 1.47 bits per heavy atom. The molecule has 0 bridgehead atoms. The molecule has 0 rings (SSSR count). The highest BCUT2D eigenvalue weighted by Crippen LogP contribution is 2.09. The van der Waals surface area contributed by atoms with Gasteiger partial charge in [-0.2, -0.15) is 0 Å². The second kappa shape index (κ2) is 6.47. The van der Waals surface area contributed by atoms with Crippen LogP contribution >= 0.6 is 0 Å². The minimum Gasteiger partial charge on any atom is -0.463 e. The molecule has 0 aromatic heterocycles. The summed E-state index contributed by atoms with van der Waals surface area (Å²) in [4.78, 5) is 11.2. The first-order chi connectivity index (χ1) is 6.87. The maximum absolute atomic E-state index is 11.2. The fraction of sp³-hybridized carbons (Fsp3) is 0.750. The van der Waals surface area contributed by atoms with Gasteiger partial charge in [-0.15, -0.1) is 0 Å². The highest BCUT2D eigenvalue weighted by atomic mass is 16.5. The van der Waals surface area contributed by atoms with Crippen LogP contribution < -0.4 is 0 Å². The molecular formula is C12H20O3. The molecule has 0 saturated carbocycles. The number of hydrogen-bond donors (Lipinski definition) is 1. The quantitative estimate of drug-likeness (QED) is 0.438. The molecule has 0 aliphatic carbocycles. The standard InChI is InChI=1S/C12H20O3/c1-5-6-9-15-11(14)10(13)7-8-12(2,3)4/h10,13H,5-6,9H2,1-4H3. The minimum atomic E-state index is -1.32. The van der Waals surface area contributed by atoms with Crippen LogP contribution in [0.1, 0.15) is 40.5 Å². The molecule has 0 aromatic carbocycles. The average molecular weight is 212 g/mol. The third kappa shape index (κ3) is 8.02. The van der Waals surface area contributed by atoms with Crippen molar-refractivity contribution in [1.29, 1.82) is 0 Å². The van der Waals surface area contributed by atoms with E-state index in [0.717, 1.165) is 12.8 Å². The van der Waals surface area contributed by atoms with E-state index in [0.29, 0.717) is 6.61 Å². The second-order valence-electron chi connectivity index (χ2n) is 4.44. The Balaban J connectivity index is 4.03. The Kier molecular flexibility index (Phi) is 6.03. The molecule has 0 aromatic rings. The van der Waals surface area contributed by atoms with Crippen LogP contribution in [0.25, 0.3) is 0 Å². The van der Waals surface area contributed by atoms with Crippen LogP contribution in [0.5, 0.6) is 0 Å². The van der Waals surface area contributed by atoms with Crippen molar-refractivity contribution < 1.29 is 14.6 Å². The smallest absolute Gasteiger partial charge is 0.347 e. The van der Waals surface area contributed by atoms with E-state index in [4.69, 9.17) is 4.74 Å². The summed E-state index contributed by atoms with van der Waals surface area (Å²) < 4.78 is 4.82. The van der Waals surface area contributed by atoms with Crippen molar-refractivity contribution in [2.45, 2.75) is 46.6 Å². The topological polar surface area (TPSA) is 46.5 Å². The molecule has 15 heavy (non-hydrogen) atoms. The molecule has 1 N–H and O–H groups in total. The summed E-state index contributed by atoms with van der Waals surface area (Å²) in [5.74, 6) is 4.62. The SMILES string of the molecule is CCCCOC(=O)C(O)C#CC(C)(C)C. The molecule has 0 spiro atoms. The van der Waals surface area contributed by atoms with Crippen LogP contribution in [0, 0.1) is 17.3 Å². The van der Waals surface area contributed by atoms with Gasteiger partial charge in [0.25, 0.3) is 0 Å². The number of aliphatic hydroxyl groups is 1. The zero-order valence-corrected chi connectivity index (χ0v) is 9.96. The Morgan fingerprint density at radius 3 is 2.53 bits per heavy atom. The lowest BCUT2D eigenvalue weighted by molar-refractivity contribution is -0.150. The molecule has 1 unspecified atom stereocenters. The van der Waals surface area contributed by atoms with Crippen molar-refractivity contribution >= 4 is 5.97 Å². The lowest BCUT2D eigenvalue weighted by Crippen LogP contribution is -2.22. The average Bonchev–Trinajstić information content (AvgIpc) is 2.13. The van der Waals surface area contributed by atoms with Gasteiger partial charge in [0.1, 0.15) is 0 Å². The Hall–Kier alpha value is -1.01. The molecule has 3 heteroatoms. The van der Waals surface area contributed by atoms with Crippen molar-refractivity contribution in [3.05, 3.63) is 0 Å². The van der Waals surface area contributed by atoms with Crippen LogP contribution in [0.15, 0.2) is 0 Å². The Bertz CT molecular complexity index is 252. The summed E-state index contributed by atoms with van der Waals surface area (Å²) in [7, 11) is 0. The van der Waals surface area contributed by atoms with Gasteiger partial charge in [0.05, 0.1) is 6.61 Å². The van der Waals surface area contributed by atoms with E-state index < -0.39 is 12.1 Å². The highest BCUT2D eigenvalue weighted by molar-refractivity contribution is 5.77. The summed E-state index contributed by atoms with van der Waals surface area (Å²) >= 11 is 0. The van der Waals surface area contributed by atoms with Crippen molar-refractivity contribution in [2.24, 2.45) is 5.41 Å². The molecule has 0 aliphatic rings. The molecule has 0 saturated heterocycles. The highest BCUT2D eigenvalue weighted by Gasteiger charge is 2.14. The van der Waals surface area contributed by atoms with E-state index in [9.17, 15) is 9.90 Å². The molecule has 0 fully saturated rings. The van der Waals surface area contributed by atoms with Gasteiger partial charge in [0.2, 0.25) is 6.10 Å². The van der Waals surface area contributed by atoms with Crippen LogP contribution in [0.2, 0.25) is 0 Å². The molecule has 3 nitrogen and oxygen atoms in total. The number of ether oxygens (including phenoxy) is 1. The monoisotopic (exact) mass is 212 g/mol. The third-order valence-corrected chi connectivity index (χ3v) is 1.55. The first-order valence-electron chi connectivity index (χ1n) is 5.24. The molecule has 0 heterocycles. The molecule has 0 aliphatic heterocycles. The van der Waals surface area contributed by atoms with Gasteiger partial charge in [0.15, 0.2) is 0 Å². The zero-order valence-electron chi connectivity index (χ0n) is 9.96. The summed E-state index contributed by atoms with van der Waals surface area (Å²) in [5.41, 5.74) is -0.218. The van der Waals surface area contributed by atoms with Crippen LogP contribution in [-0.2, 0) is 9.53 Å². The van der Waals surface area contributed by atoms with Crippen molar-refractivity contribution in [1.82, 2.24) is 0 Å². The number of carbonyl (C=O) groups excluding carboxylic acids is 1. The number of esters is 1. The summed E-state index contributed by atoms with van der Waals surface area (Å²) in [6.07, 6.45) is 0.448. The lowest BCUT2D eigenvalue weighted by atomic mass is 9.98. The van der Waals surface area contributed by atoms with Gasteiger partial charge in [-0.3, -0.25) is 0 Å². The minimum absolute atomic E-state index is 0.218. The first kappa shape index (κ1) is 14.0. The molecule has 86 valence electrons.